The maximum Gasteiger partial charge on any atom is 0.298 e. The summed E-state index contributed by atoms with van der Waals surface area (Å²) in [5, 5.41) is 0.813. The lowest BCUT2D eigenvalue weighted by Crippen LogP contribution is -2.03. The number of halogens is 1. The highest BCUT2D eigenvalue weighted by molar-refractivity contribution is 9.10. The van der Waals surface area contributed by atoms with Crippen molar-refractivity contribution in [2.45, 2.75) is 4.90 Å². The van der Waals surface area contributed by atoms with Crippen LogP contribution in [0, 0.1) is 0 Å². The molecule has 4 nitrogen and oxygen atoms in total. The zero-order chi connectivity index (χ0) is 11.1. The van der Waals surface area contributed by atoms with Gasteiger partial charge < -0.3 is 4.98 Å². The van der Waals surface area contributed by atoms with Gasteiger partial charge in [-0.15, -0.1) is 0 Å². The number of aromatic amines is 1. The predicted molar refractivity (Wildman–Crippen MR) is 60.2 cm³/mol. The zero-order valence-corrected chi connectivity index (χ0v) is 10.2. The van der Waals surface area contributed by atoms with E-state index in [4.69, 9.17) is 0 Å². The monoisotopic (exact) mass is 289 g/mol. The second-order valence-electron chi connectivity index (χ2n) is 2.93. The van der Waals surface area contributed by atoms with Crippen LogP contribution in [0.2, 0.25) is 0 Å². The van der Waals surface area contributed by atoms with Crippen LogP contribution in [0.25, 0.3) is 10.9 Å². The molecule has 0 atom stereocenters. The van der Waals surface area contributed by atoms with Crippen LogP contribution < -0.4 is 0 Å². The third-order valence-electron chi connectivity index (χ3n) is 2.12. The number of benzene rings is 1. The molecular weight excluding hydrogens is 282 g/mol. The van der Waals surface area contributed by atoms with Crippen molar-refractivity contribution < 1.29 is 12.6 Å². The molecule has 0 aliphatic heterocycles. The quantitative estimate of drug-likeness (QED) is 0.863. The van der Waals surface area contributed by atoms with Gasteiger partial charge in [-0.1, -0.05) is 15.9 Å². The van der Waals surface area contributed by atoms with Crippen LogP contribution in [0.5, 0.6) is 0 Å². The first-order valence-electron chi connectivity index (χ1n) is 4.12. The van der Waals surface area contributed by atoms with Gasteiger partial charge in [0, 0.05) is 16.1 Å². The van der Waals surface area contributed by atoms with Crippen molar-refractivity contribution in [2.75, 3.05) is 7.11 Å². The summed E-state index contributed by atoms with van der Waals surface area (Å²) in [7, 11) is -2.52. The van der Waals surface area contributed by atoms with Crippen LogP contribution in [0.3, 0.4) is 0 Å². The van der Waals surface area contributed by atoms with Gasteiger partial charge in [-0.3, -0.25) is 4.18 Å². The van der Waals surface area contributed by atoms with E-state index < -0.39 is 10.1 Å². The molecule has 0 aliphatic carbocycles. The minimum absolute atomic E-state index is 0.146. The van der Waals surface area contributed by atoms with Crippen LogP contribution in [0.4, 0.5) is 0 Å². The third-order valence-corrected chi connectivity index (χ3v) is 4.13. The standard InChI is InChI=1S/C9H8BrNO3S/c1-14-15(12,13)8-3-2-7(10)6-4-5-11-9(6)8/h2-5,11H,1H3. The smallest absolute Gasteiger partial charge is 0.298 e. The Hall–Kier alpha value is -0.850. The van der Waals surface area contributed by atoms with Gasteiger partial charge in [-0.05, 0) is 18.2 Å². The van der Waals surface area contributed by atoms with Gasteiger partial charge in [0.1, 0.15) is 4.90 Å². The van der Waals surface area contributed by atoms with Gasteiger partial charge in [0.2, 0.25) is 0 Å². The van der Waals surface area contributed by atoms with Crippen LogP contribution in [-0.2, 0) is 14.3 Å². The molecule has 0 fully saturated rings. The number of nitrogens with one attached hydrogen (secondary N) is 1. The molecule has 15 heavy (non-hydrogen) atoms. The van der Waals surface area contributed by atoms with Gasteiger partial charge in [-0.2, -0.15) is 8.42 Å². The van der Waals surface area contributed by atoms with E-state index in [1.165, 1.54) is 6.07 Å². The number of hydrogen-bond acceptors (Lipinski definition) is 3. The first-order valence-corrected chi connectivity index (χ1v) is 6.32. The largest absolute Gasteiger partial charge is 0.360 e. The summed E-state index contributed by atoms with van der Waals surface area (Å²) in [6.07, 6.45) is 1.68. The molecule has 0 saturated carbocycles. The summed E-state index contributed by atoms with van der Waals surface area (Å²) in [6, 6.07) is 4.98. The highest BCUT2D eigenvalue weighted by Gasteiger charge is 2.18. The second-order valence-corrected chi connectivity index (χ2v) is 5.47. The van der Waals surface area contributed by atoms with Crippen molar-refractivity contribution in [3.8, 4) is 0 Å². The topological polar surface area (TPSA) is 59.2 Å². The van der Waals surface area contributed by atoms with Gasteiger partial charge in [-0.25, -0.2) is 0 Å². The average Bonchev–Trinajstić information content (AvgIpc) is 2.67. The maximum absolute atomic E-state index is 11.6. The molecule has 1 N–H and O–H groups in total. The Labute approximate surface area is 95.5 Å². The molecule has 80 valence electrons. The molecule has 0 saturated heterocycles. The van der Waals surface area contributed by atoms with Gasteiger partial charge >= 0.3 is 0 Å². The summed E-state index contributed by atoms with van der Waals surface area (Å²) in [4.78, 5) is 3.03. The van der Waals surface area contributed by atoms with E-state index >= 15 is 0 Å². The van der Waals surface area contributed by atoms with Gasteiger partial charge in [0.15, 0.2) is 0 Å². The Balaban J connectivity index is 2.84. The molecular formula is C9H8BrNO3S. The van der Waals surface area contributed by atoms with Crippen molar-refractivity contribution >= 4 is 37.0 Å². The molecule has 1 heterocycles. The fourth-order valence-corrected chi connectivity index (χ4v) is 2.69. The normalized spacial score (nSPS) is 12.1. The molecule has 2 rings (SSSR count). The van der Waals surface area contributed by atoms with Crippen LogP contribution in [-0.4, -0.2) is 20.5 Å². The fraction of sp³-hybridized carbons (Fsp3) is 0.111. The minimum Gasteiger partial charge on any atom is -0.360 e. The number of H-pyrrole nitrogens is 1. The summed E-state index contributed by atoms with van der Waals surface area (Å²) in [6.45, 7) is 0. The Morgan fingerprint density at radius 3 is 2.73 bits per heavy atom. The lowest BCUT2D eigenvalue weighted by Gasteiger charge is -2.03. The number of aromatic nitrogens is 1. The van der Waals surface area contributed by atoms with Crippen molar-refractivity contribution in [1.29, 1.82) is 0 Å². The fourth-order valence-electron chi connectivity index (χ4n) is 1.39. The summed E-state index contributed by atoms with van der Waals surface area (Å²) in [5.41, 5.74) is 0.547. The Morgan fingerprint density at radius 2 is 2.07 bits per heavy atom. The van der Waals surface area contributed by atoms with Crippen LogP contribution >= 0.6 is 15.9 Å². The van der Waals surface area contributed by atoms with E-state index in [0.717, 1.165) is 17.0 Å². The lowest BCUT2D eigenvalue weighted by atomic mass is 10.2. The van der Waals surface area contributed by atoms with Gasteiger partial charge in [0.25, 0.3) is 10.1 Å². The molecule has 0 unspecified atom stereocenters. The molecule has 1 aromatic carbocycles. The number of fused-ring (bicyclic) bond motifs is 1. The predicted octanol–water partition coefficient (Wildman–Crippen LogP) is 2.27. The summed E-state index contributed by atoms with van der Waals surface area (Å²) >= 11 is 3.34. The zero-order valence-electron chi connectivity index (χ0n) is 7.82. The second kappa shape index (κ2) is 3.62. The Bertz CT molecular complexity index is 603. The number of rotatable bonds is 2. The molecule has 0 amide bonds. The molecule has 2 aromatic rings. The molecule has 0 spiro atoms. The van der Waals surface area contributed by atoms with Crippen LogP contribution in [0.15, 0.2) is 33.8 Å². The first-order chi connectivity index (χ1) is 7.06. The van der Waals surface area contributed by atoms with Crippen molar-refractivity contribution in [3.05, 3.63) is 28.9 Å². The maximum atomic E-state index is 11.6. The SMILES string of the molecule is COS(=O)(=O)c1ccc(Br)c2cc[nH]c12. The Kier molecular flexibility index (Phi) is 2.57. The molecule has 0 bridgehead atoms. The Morgan fingerprint density at radius 1 is 1.33 bits per heavy atom. The van der Waals surface area contributed by atoms with Crippen molar-refractivity contribution in [3.63, 3.8) is 0 Å². The number of hydrogen-bond donors (Lipinski definition) is 1. The van der Waals surface area contributed by atoms with Crippen molar-refractivity contribution in [1.82, 2.24) is 4.98 Å². The molecule has 1 aromatic heterocycles. The first kappa shape index (κ1) is 10.7. The van der Waals surface area contributed by atoms with E-state index in [-0.39, 0.29) is 4.90 Å². The minimum atomic E-state index is -3.66. The third kappa shape index (κ3) is 1.68. The van der Waals surface area contributed by atoms with E-state index in [0.29, 0.717) is 5.52 Å². The van der Waals surface area contributed by atoms with E-state index in [1.54, 1.807) is 18.3 Å². The highest BCUT2D eigenvalue weighted by atomic mass is 79.9. The van der Waals surface area contributed by atoms with E-state index in [2.05, 4.69) is 25.1 Å². The van der Waals surface area contributed by atoms with Crippen molar-refractivity contribution in [2.24, 2.45) is 0 Å². The highest BCUT2D eigenvalue weighted by Crippen LogP contribution is 2.29. The molecule has 6 heteroatoms. The van der Waals surface area contributed by atoms with Gasteiger partial charge in [0.05, 0.1) is 12.6 Å². The van der Waals surface area contributed by atoms with Crippen LogP contribution in [0.1, 0.15) is 0 Å². The lowest BCUT2D eigenvalue weighted by molar-refractivity contribution is 0.398. The summed E-state index contributed by atoms with van der Waals surface area (Å²) in [5.74, 6) is 0. The molecule has 0 radical (unpaired) electrons. The molecule has 0 aliphatic rings. The average molecular weight is 290 g/mol. The van der Waals surface area contributed by atoms with E-state index in [9.17, 15) is 8.42 Å². The van der Waals surface area contributed by atoms with E-state index in [1.807, 2.05) is 0 Å². The summed E-state index contributed by atoms with van der Waals surface area (Å²) < 4.78 is 28.5.